The number of aliphatic carboxylic acids is 1. The number of aryl methyl sites for hydroxylation is 1. The van der Waals surface area contributed by atoms with E-state index in [2.05, 4.69) is 15.1 Å². The van der Waals surface area contributed by atoms with Crippen LogP contribution in [-0.4, -0.2) is 66.5 Å². The van der Waals surface area contributed by atoms with Crippen molar-refractivity contribution in [1.29, 1.82) is 0 Å². The van der Waals surface area contributed by atoms with Crippen LogP contribution in [0.1, 0.15) is 75.5 Å². The van der Waals surface area contributed by atoms with Crippen molar-refractivity contribution in [3.8, 4) is 11.1 Å². The number of amides is 1. The van der Waals surface area contributed by atoms with E-state index in [0.29, 0.717) is 56.2 Å². The molecule has 1 amide bonds. The predicted octanol–water partition coefficient (Wildman–Crippen LogP) is 7.33. The molecule has 0 aliphatic carbocycles. The van der Waals surface area contributed by atoms with Crippen molar-refractivity contribution in [2.45, 2.75) is 95.8 Å². The summed E-state index contributed by atoms with van der Waals surface area (Å²) in [6, 6.07) is 0.302. The Morgan fingerprint density at radius 1 is 0.917 bits per heavy atom. The van der Waals surface area contributed by atoms with Gasteiger partial charge in [-0.1, -0.05) is 13.8 Å². The number of benzene rings is 1. The van der Waals surface area contributed by atoms with E-state index >= 15 is 0 Å². The molecule has 10 nitrogen and oxygen atoms in total. The fourth-order valence-electron chi connectivity index (χ4n) is 6.00. The molecule has 1 N–H and O–H groups in total. The standard InChI is InChI=1S/C32H38F6N6O4/c1-4-25-13-27(14-26(5-2)44(25)30(47)48-9-7-6-8-28(45)46)43(29-39-15-21(16-40-29)22-17-41-42(3)19-22)18-20-10-23(31(33,34)35)12-24(11-20)32(36,37)38/h10-12,15-17,19,25-27H,4-9,13-14,18H2,1-3H3,(H,45,46)/t25-,26?,27?/m1/s1. The van der Waals surface area contributed by atoms with Gasteiger partial charge >= 0.3 is 24.4 Å². The Morgan fingerprint density at radius 3 is 1.98 bits per heavy atom. The third-order valence-corrected chi connectivity index (χ3v) is 8.41. The monoisotopic (exact) mass is 684 g/mol. The lowest BCUT2D eigenvalue weighted by Crippen LogP contribution is -2.57. The van der Waals surface area contributed by atoms with Gasteiger partial charge in [0.05, 0.1) is 23.9 Å². The first-order valence-corrected chi connectivity index (χ1v) is 15.6. The summed E-state index contributed by atoms with van der Waals surface area (Å²) in [7, 11) is 1.74. The number of carboxylic acids is 1. The highest BCUT2D eigenvalue weighted by molar-refractivity contribution is 5.69. The van der Waals surface area contributed by atoms with Gasteiger partial charge in [-0.25, -0.2) is 14.8 Å². The number of nitrogens with zero attached hydrogens (tertiary/aromatic N) is 6. The number of anilines is 1. The van der Waals surface area contributed by atoms with Gasteiger partial charge in [-0.05, 0) is 62.3 Å². The summed E-state index contributed by atoms with van der Waals surface area (Å²) in [4.78, 5) is 36.3. The molecule has 262 valence electrons. The molecule has 16 heteroatoms. The SMILES string of the molecule is CCC1CC(N(Cc2cc(C(F)(F)F)cc(C(F)(F)F)c2)c2ncc(-c3cnn(C)c3)cn2)C[C@@H](CC)N1C(=O)OCCCCC(=O)O. The Bertz CT molecular complexity index is 1500. The first kappa shape index (κ1) is 36.5. The number of likely N-dealkylation sites (tertiary alicyclic amines) is 1. The molecule has 0 spiro atoms. The number of rotatable bonds is 12. The highest BCUT2D eigenvalue weighted by Crippen LogP contribution is 2.38. The maximum Gasteiger partial charge on any atom is 0.416 e. The minimum atomic E-state index is -5.01. The van der Waals surface area contributed by atoms with E-state index < -0.39 is 41.6 Å². The van der Waals surface area contributed by atoms with Crippen LogP contribution < -0.4 is 4.90 Å². The lowest BCUT2D eigenvalue weighted by Gasteiger charge is -2.47. The molecule has 1 aliphatic rings. The van der Waals surface area contributed by atoms with E-state index in [1.165, 1.54) is 12.4 Å². The fourth-order valence-corrected chi connectivity index (χ4v) is 6.00. The van der Waals surface area contributed by atoms with Gasteiger partial charge in [-0.2, -0.15) is 31.4 Å². The van der Waals surface area contributed by atoms with E-state index in [1.54, 1.807) is 33.9 Å². The number of carbonyl (C=O) groups is 2. The van der Waals surface area contributed by atoms with E-state index in [1.807, 2.05) is 13.8 Å². The average Bonchev–Trinajstić information content (AvgIpc) is 3.47. The summed E-state index contributed by atoms with van der Waals surface area (Å²) >= 11 is 0. The van der Waals surface area contributed by atoms with E-state index in [9.17, 15) is 35.9 Å². The van der Waals surface area contributed by atoms with Gasteiger partial charge < -0.3 is 19.6 Å². The van der Waals surface area contributed by atoms with Crippen LogP contribution in [0.15, 0.2) is 43.0 Å². The second-order valence-electron chi connectivity index (χ2n) is 11.8. The molecular weight excluding hydrogens is 646 g/mol. The third kappa shape index (κ3) is 9.16. The topological polar surface area (TPSA) is 114 Å². The molecule has 48 heavy (non-hydrogen) atoms. The van der Waals surface area contributed by atoms with Crippen LogP contribution in [0.25, 0.3) is 11.1 Å². The zero-order valence-electron chi connectivity index (χ0n) is 26.8. The minimum absolute atomic E-state index is 0.0409. The number of carboxylic acid groups (broad SMARTS) is 1. The van der Waals surface area contributed by atoms with E-state index in [0.717, 1.165) is 5.56 Å². The highest BCUT2D eigenvalue weighted by Gasteiger charge is 2.41. The maximum absolute atomic E-state index is 13.8. The van der Waals surface area contributed by atoms with Crippen molar-refractivity contribution in [2.24, 2.45) is 7.05 Å². The van der Waals surface area contributed by atoms with Crippen molar-refractivity contribution < 1.29 is 45.8 Å². The summed E-state index contributed by atoms with van der Waals surface area (Å²) < 4.78 is 89.6. The van der Waals surface area contributed by atoms with Gasteiger partial charge in [0.1, 0.15) is 0 Å². The van der Waals surface area contributed by atoms with Crippen LogP contribution in [0, 0.1) is 0 Å². The summed E-state index contributed by atoms with van der Waals surface area (Å²) in [5, 5.41) is 13.0. The third-order valence-electron chi connectivity index (χ3n) is 8.41. The molecule has 3 heterocycles. The molecular formula is C32H38F6N6O4. The largest absolute Gasteiger partial charge is 0.481 e. The number of ether oxygens (including phenoxy) is 1. The summed E-state index contributed by atoms with van der Waals surface area (Å²) in [6.45, 7) is 3.43. The molecule has 4 rings (SSSR count). The summed E-state index contributed by atoms with van der Waals surface area (Å²) in [6.07, 6.45) is -1.88. The van der Waals surface area contributed by atoms with Crippen LogP contribution >= 0.6 is 0 Å². The number of aromatic nitrogens is 4. The Balaban J connectivity index is 1.67. The Hall–Kier alpha value is -4.37. The molecule has 3 aromatic rings. The molecule has 1 aromatic carbocycles. The van der Waals surface area contributed by atoms with Gasteiger partial charge in [-0.3, -0.25) is 9.48 Å². The fraction of sp³-hybridized carbons (Fsp3) is 0.531. The van der Waals surface area contributed by atoms with Crippen LogP contribution in [0.5, 0.6) is 0 Å². The van der Waals surface area contributed by atoms with Crippen LogP contribution in [0.4, 0.5) is 37.1 Å². The van der Waals surface area contributed by atoms with Crippen molar-refractivity contribution in [1.82, 2.24) is 24.6 Å². The van der Waals surface area contributed by atoms with Crippen molar-refractivity contribution >= 4 is 18.0 Å². The Morgan fingerprint density at radius 2 is 1.50 bits per heavy atom. The van der Waals surface area contributed by atoms with Gasteiger partial charge in [0.15, 0.2) is 0 Å². The molecule has 0 bridgehead atoms. The van der Waals surface area contributed by atoms with Crippen LogP contribution in [0.3, 0.4) is 0 Å². The molecule has 3 atom stereocenters. The van der Waals surface area contributed by atoms with Gasteiger partial charge in [0.2, 0.25) is 5.95 Å². The number of hydrogen-bond acceptors (Lipinski definition) is 7. The number of alkyl halides is 6. The predicted molar refractivity (Wildman–Crippen MR) is 163 cm³/mol. The van der Waals surface area contributed by atoms with E-state index in [4.69, 9.17) is 9.84 Å². The van der Waals surface area contributed by atoms with Gasteiger partial charge in [0.25, 0.3) is 0 Å². The number of halogens is 6. The van der Waals surface area contributed by atoms with Crippen molar-refractivity contribution in [2.75, 3.05) is 11.5 Å². The Labute approximate surface area is 273 Å². The van der Waals surface area contributed by atoms with Crippen molar-refractivity contribution in [3.05, 3.63) is 59.7 Å². The molecule has 1 aliphatic heterocycles. The molecule has 1 saturated heterocycles. The van der Waals surface area contributed by atoms with Gasteiger partial charge in [0, 0.05) is 67.9 Å². The Kier molecular flexibility index (Phi) is 11.6. The van der Waals surface area contributed by atoms with Crippen LogP contribution in [0.2, 0.25) is 0 Å². The average molecular weight is 685 g/mol. The smallest absolute Gasteiger partial charge is 0.416 e. The lowest BCUT2D eigenvalue weighted by atomic mass is 9.87. The highest BCUT2D eigenvalue weighted by atomic mass is 19.4. The normalized spacial score (nSPS) is 18.5. The first-order chi connectivity index (χ1) is 22.6. The van der Waals surface area contributed by atoms with Gasteiger partial charge in [-0.15, -0.1) is 0 Å². The van der Waals surface area contributed by atoms with E-state index in [-0.39, 0.29) is 49.2 Å². The van der Waals surface area contributed by atoms with Crippen LogP contribution in [-0.2, 0) is 35.5 Å². The van der Waals surface area contributed by atoms with Crippen molar-refractivity contribution in [3.63, 3.8) is 0 Å². The molecule has 2 aromatic heterocycles. The molecule has 1 fully saturated rings. The number of carbonyl (C=O) groups excluding carboxylic acids is 1. The second-order valence-corrected chi connectivity index (χ2v) is 11.8. The molecule has 0 saturated carbocycles. The number of hydrogen-bond donors (Lipinski definition) is 1. The summed E-state index contributed by atoms with van der Waals surface area (Å²) in [5.74, 6) is -0.835. The molecule has 0 radical (unpaired) electrons. The second kappa shape index (κ2) is 15.2. The minimum Gasteiger partial charge on any atom is -0.481 e. The lowest BCUT2D eigenvalue weighted by molar-refractivity contribution is -0.143. The molecule has 2 unspecified atom stereocenters. The maximum atomic E-state index is 13.8. The zero-order chi connectivity index (χ0) is 35.2. The number of unbranched alkanes of at least 4 members (excludes halogenated alkanes) is 1. The first-order valence-electron chi connectivity index (χ1n) is 15.6. The zero-order valence-corrected chi connectivity index (χ0v) is 26.8. The quantitative estimate of drug-likeness (QED) is 0.156. The number of piperidine rings is 1. The summed E-state index contributed by atoms with van der Waals surface area (Å²) in [5.41, 5.74) is -1.72.